The smallest absolute Gasteiger partial charge is 0.232 e. The number of nitrogens with zero attached hydrogens (tertiary/aromatic N) is 2. The number of aromatic nitrogens is 2. The average molecular weight is 259 g/mol. The van der Waals surface area contributed by atoms with Crippen molar-refractivity contribution in [3.63, 3.8) is 0 Å². The lowest BCUT2D eigenvalue weighted by Gasteiger charge is -1.95. The van der Waals surface area contributed by atoms with Crippen LogP contribution in [0.5, 0.6) is 0 Å². The van der Waals surface area contributed by atoms with Crippen LogP contribution >= 0.6 is 10.7 Å². The van der Waals surface area contributed by atoms with Gasteiger partial charge in [-0.1, -0.05) is 0 Å². The highest BCUT2D eigenvalue weighted by Gasteiger charge is 2.10. The number of hydrogen-bond acceptors (Lipinski definition) is 3. The summed E-state index contributed by atoms with van der Waals surface area (Å²) in [5.74, 6) is -0.0530. The van der Waals surface area contributed by atoms with Crippen LogP contribution in [0.3, 0.4) is 0 Å². The molecule has 0 aliphatic carbocycles. The van der Waals surface area contributed by atoms with Crippen molar-refractivity contribution in [3.05, 3.63) is 30.1 Å². The van der Waals surface area contributed by atoms with E-state index >= 15 is 0 Å². The Hall–Kier alpha value is -1.07. The predicted octanol–water partition coefficient (Wildman–Crippen LogP) is 1.68. The monoisotopic (exact) mass is 258 g/mol. The van der Waals surface area contributed by atoms with Crippen molar-refractivity contribution >= 4 is 30.8 Å². The van der Waals surface area contributed by atoms with E-state index in [9.17, 15) is 8.42 Å². The molecule has 0 amide bonds. The van der Waals surface area contributed by atoms with Crippen LogP contribution in [0.1, 0.15) is 5.56 Å². The van der Waals surface area contributed by atoms with Gasteiger partial charge in [0, 0.05) is 35.5 Å². The Morgan fingerprint density at radius 1 is 1.50 bits per heavy atom. The van der Waals surface area contributed by atoms with Gasteiger partial charge >= 0.3 is 0 Å². The van der Waals surface area contributed by atoms with E-state index in [0.29, 0.717) is 6.42 Å². The first-order chi connectivity index (χ1) is 7.47. The van der Waals surface area contributed by atoms with Crippen LogP contribution in [0.2, 0.25) is 0 Å². The SMILES string of the molecule is Cn1cc(CCS(=O)(=O)Cl)c2cccnc21. The van der Waals surface area contributed by atoms with Gasteiger partial charge in [-0.05, 0) is 24.1 Å². The molecule has 0 aliphatic rings. The summed E-state index contributed by atoms with van der Waals surface area (Å²) in [6.07, 6.45) is 4.01. The fourth-order valence-electron chi connectivity index (χ4n) is 1.72. The number of fused-ring (bicyclic) bond motifs is 1. The van der Waals surface area contributed by atoms with Crippen LogP contribution in [0, 0.1) is 0 Å². The summed E-state index contributed by atoms with van der Waals surface area (Å²) in [6, 6.07) is 3.76. The maximum absolute atomic E-state index is 10.9. The molecular formula is C10H11ClN2O2S. The molecule has 2 aromatic rings. The second-order valence-corrected chi connectivity index (χ2v) is 6.53. The Labute approximate surface area is 98.3 Å². The van der Waals surface area contributed by atoms with Gasteiger partial charge in [-0.25, -0.2) is 13.4 Å². The van der Waals surface area contributed by atoms with E-state index in [2.05, 4.69) is 4.98 Å². The summed E-state index contributed by atoms with van der Waals surface area (Å²) in [4.78, 5) is 4.23. The van der Waals surface area contributed by atoms with E-state index in [1.54, 1.807) is 6.20 Å². The van der Waals surface area contributed by atoms with Crippen LogP contribution in [0.4, 0.5) is 0 Å². The molecule has 16 heavy (non-hydrogen) atoms. The minimum absolute atomic E-state index is 0.0530. The van der Waals surface area contributed by atoms with Gasteiger partial charge in [-0.15, -0.1) is 0 Å². The fourth-order valence-corrected chi connectivity index (χ4v) is 2.42. The first-order valence-corrected chi connectivity index (χ1v) is 7.26. The standard InChI is InChI=1S/C10H11ClN2O2S/c1-13-7-8(4-6-16(11,14)15)9-3-2-5-12-10(9)13/h2-3,5,7H,4,6H2,1H3. The zero-order valence-corrected chi connectivity index (χ0v) is 10.3. The summed E-state index contributed by atoms with van der Waals surface area (Å²) in [7, 11) is 3.63. The molecule has 4 nitrogen and oxygen atoms in total. The second-order valence-electron chi connectivity index (χ2n) is 3.63. The largest absolute Gasteiger partial charge is 0.335 e. The average Bonchev–Trinajstić information content (AvgIpc) is 2.53. The summed E-state index contributed by atoms with van der Waals surface area (Å²) >= 11 is 0. The summed E-state index contributed by atoms with van der Waals surface area (Å²) < 4.78 is 23.7. The van der Waals surface area contributed by atoms with Crippen LogP contribution in [0.15, 0.2) is 24.5 Å². The van der Waals surface area contributed by atoms with E-state index in [-0.39, 0.29) is 5.75 Å². The Morgan fingerprint density at radius 3 is 2.94 bits per heavy atom. The van der Waals surface area contributed by atoms with Crippen molar-refractivity contribution in [1.29, 1.82) is 0 Å². The molecule has 0 saturated heterocycles. The van der Waals surface area contributed by atoms with Crippen LogP contribution < -0.4 is 0 Å². The first kappa shape index (κ1) is 11.4. The number of aryl methyl sites for hydroxylation is 2. The second kappa shape index (κ2) is 4.07. The van der Waals surface area contributed by atoms with E-state index in [0.717, 1.165) is 16.6 Å². The van der Waals surface area contributed by atoms with Gasteiger partial charge in [0.05, 0.1) is 5.75 Å². The highest BCUT2D eigenvalue weighted by atomic mass is 35.7. The molecule has 2 heterocycles. The molecule has 86 valence electrons. The number of hydrogen-bond donors (Lipinski definition) is 0. The molecule has 0 unspecified atom stereocenters. The minimum atomic E-state index is -3.44. The highest BCUT2D eigenvalue weighted by molar-refractivity contribution is 8.13. The van der Waals surface area contributed by atoms with Crippen molar-refractivity contribution in [1.82, 2.24) is 9.55 Å². The predicted molar refractivity (Wildman–Crippen MR) is 64.1 cm³/mol. The molecule has 6 heteroatoms. The lowest BCUT2D eigenvalue weighted by Crippen LogP contribution is -2.00. The third-order valence-corrected chi connectivity index (χ3v) is 3.59. The van der Waals surface area contributed by atoms with E-state index in [4.69, 9.17) is 10.7 Å². The molecule has 0 fully saturated rings. The number of rotatable bonds is 3. The van der Waals surface area contributed by atoms with Gasteiger partial charge in [0.15, 0.2) is 0 Å². The third-order valence-electron chi connectivity index (χ3n) is 2.43. The van der Waals surface area contributed by atoms with Gasteiger partial charge in [0.25, 0.3) is 0 Å². The lowest BCUT2D eigenvalue weighted by molar-refractivity contribution is 0.609. The number of pyridine rings is 1. The minimum Gasteiger partial charge on any atom is -0.335 e. The zero-order valence-electron chi connectivity index (χ0n) is 8.72. The van der Waals surface area contributed by atoms with E-state index < -0.39 is 9.05 Å². The Bertz CT molecular complexity index is 619. The summed E-state index contributed by atoms with van der Waals surface area (Å²) in [6.45, 7) is 0. The van der Waals surface area contributed by atoms with E-state index in [1.165, 1.54) is 0 Å². The zero-order chi connectivity index (χ0) is 11.8. The van der Waals surface area contributed by atoms with Crippen LogP contribution in [0.25, 0.3) is 11.0 Å². The van der Waals surface area contributed by atoms with Crippen molar-refractivity contribution in [3.8, 4) is 0 Å². The molecule has 0 N–H and O–H groups in total. The van der Waals surface area contributed by atoms with Crippen LogP contribution in [-0.2, 0) is 22.5 Å². The quantitative estimate of drug-likeness (QED) is 0.787. The maximum atomic E-state index is 10.9. The van der Waals surface area contributed by atoms with E-state index in [1.807, 2.05) is 29.9 Å². The third kappa shape index (κ3) is 2.36. The molecule has 0 radical (unpaired) electrons. The first-order valence-electron chi connectivity index (χ1n) is 4.78. The molecular weight excluding hydrogens is 248 g/mol. The van der Waals surface area contributed by atoms with Crippen molar-refractivity contribution in [2.75, 3.05) is 5.75 Å². The van der Waals surface area contributed by atoms with Crippen molar-refractivity contribution in [2.45, 2.75) is 6.42 Å². The molecule has 0 aliphatic heterocycles. The fraction of sp³-hybridized carbons (Fsp3) is 0.300. The highest BCUT2D eigenvalue weighted by Crippen LogP contribution is 2.19. The Morgan fingerprint density at radius 2 is 2.25 bits per heavy atom. The van der Waals surface area contributed by atoms with Crippen molar-refractivity contribution in [2.24, 2.45) is 7.05 Å². The van der Waals surface area contributed by atoms with Crippen molar-refractivity contribution < 1.29 is 8.42 Å². The molecule has 0 spiro atoms. The summed E-state index contributed by atoms with van der Waals surface area (Å²) in [5, 5.41) is 0.977. The summed E-state index contributed by atoms with van der Waals surface area (Å²) in [5.41, 5.74) is 1.80. The normalized spacial score (nSPS) is 12.1. The molecule has 2 aromatic heterocycles. The van der Waals surface area contributed by atoms with Gasteiger partial charge in [0.1, 0.15) is 5.65 Å². The topological polar surface area (TPSA) is 52.0 Å². The van der Waals surface area contributed by atoms with Gasteiger partial charge in [0.2, 0.25) is 9.05 Å². The van der Waals surface area contributed by atoms with Gasteiger partial charge < -0.3 is 4.57 Å². The Balaban J connectivity index is 2.38. The molecule has 0 bridgehead atoms. The number of halogens is 1. The molecule has 0 atom stereocenters. The maximum Gasteiger partial charge on any atom is 0.232 e. The Kier molecular flexibility index (Phi) is 2.90. The van der Waals surface area contributed by atoms with Crippen LogP contribution in [-0.4, -0.2) is 23.7 Å². The molecule has 0 saturated carbocycles. The molecule has 0 aromatic carbocycles. The molecule has 2 rings (SSSR count). The van der Waals surface area contributed by atoms with Gasteiger partial charge in [-0.2, -0.15) is 0 Å². The lowest BCUT2D eigenvalue weighted by atomic mass is 10.2. The van der Waals surface area contributed by atoms with Gasteiger partial charge in [-0.3, -0.25) is 0 Å².